The predicted octanol–water partition coefficient (Wildman–Crippen LogP) is 3.31. The first-order valence-corrected chi connectivity index (χ1v) is 7.02. The van der Waals surface area contributed by atoms with Gasteiger partial charge in [-0.25, -0.2) is 0 Å². The fourth-order valence-corrected chi connectivity index (χ4v) is 3.12. The molecule has 0 bridgehead atoms. The van der Waals surface area contributed by atoms with Crippen molar-refractivity contribution in [3.63, 3.8) is 0 Å². The molecule has 0 radical (unpaired) electrons. The molecule has 0 aliphatic rings. The van der Waals surface area contributed by atoms with Crippen molar-refractivity contribution < 1.29 is 0 Å². The second kappa shape index (κ2) is 5.07. The third-order valence-corrected chi connectivity index (χ3v) is 4.24. The molecule has 3 aromatic rings. The minimum Gasteiger partial charge on any atom is -0.309 e. The number of hydrogen-bond acceptors (Lipinski definition) is 4. The van der Waals surface area contributed by atoms with Crippen LogP contribution in [0.1, 0.15) is 22.2 Å². The number of nitrogens with one attached hydrogen (secondary N) is 1. The number of benzene rings is 2. The minimum atomic E-state index is 0.157. The lowest BCUT2D eigenvalue weighted by Gasteiger charge is -2.15. The second-order valence-electron chi connectivity index (χ2n) is 4.55. The summed E-state index contributed by atoms with van der Waals surface area (Å²) >= 11 is 1.46. The first-order valence-electron chi connectivity index (χ1n) is 6.24. The Balaban J connectivity index is 2.09. The van der Waals surface area contributed by atoms with Crippen LogP contribution in [0, 0.1) is 6.92 Å². The standard InChI is InChI=1S/C15H15N3S/c1-10-15(19-18-17-10)14(16-2)13-8-7-11-5-3-4-6-12(11)9-13/h3-9,14,16H,1-2H3. The average Bonchev–Trinajstić information content (AvgIpc) is 2.86. The molecule has 96 valence electrons. The average molecular weight is 269 g/mol. The van der Waals surface area contributed by atoms with Gasteiger partial charge in [0.2, 0.25) is 0 Å². The summed E-state index contributed by atoms with van der Waals surface area (Å²) in [6.45, 7) is 2.00. The lowest BCUT2D eigenvalue weighted by atomic mass is 10.0. The highest BCUT2D eigenvalue weighted by atomic mass is 32.1. The Labute approximate surface area is 116 Å². The molecule has 0 saturated carbocycles. The Bertz CT molecular complexity index is 705. The Morgan fingerprint density at radius 2 is 1.89 bits per heavy atom. The lowest BCUT2D eigenvalue weighted by Crippen LogP contribution is -2.17. The van der Waals surface area contributed by atoms with E-state index in [4.69, 9.17) is 0 Å². The van der Waals surface area contributed by atoms with Crippen LogP contribution in [0.5, 0.6) is 0 Å². The maximum Gasteiger partial charge on any atom is 0.0776 e. The molecular formula is C15H15N3S. The van der Waals surface area contributed by atoms with Crippen molar-refractivity contribution in [3.05, 3.63) is 58.6 Å². The molecule has 19 heavy (non-hydrogen) atoms. The number of aromatic nitrogens is 2. The summed E-state index contributed by atoms with van der Waals surface area (Å²) in [6, 6.07) is 15.1. The fraction of sp³-hybridized carbons (Fsp3) is 0.200. The largest absolute Gasteiger partial charge is 0.309 e. The van der Waals surface area contributed by atoms with E-state index in [0.717, 1.165) is 5.69 Å². The van der Waals surface area contributed by atoms with Crippen LogP contribution in [0.2, 0.25) is 0 Å². The molecule has 0 amide bonds. The molecular weight excluding hydrogens is 254 g/mol. The number of fused-ring (bicyclic) bond motifs is 1. The van der Waals surface area contributed by atoms with Crippen LogP contribution in [0.4, 0.5) is 0 Å². The highest BCUT2D eigenvalue weighted by molar-refractivity contribution is 7.05. The molecule has 4 heteroatoms. The van der Waals surface area contributed by atoms with E-state index in [1.807, 2.05) is 14.0 Å². The molecule has 0 aliphatic carbocycles. The molecule has 1 unspecified atom stereocenters. The molecule has 1 aromatic heterocycles. The van der Waals surface area contributed by atoms with Gasteiger partial charge in [-0.1, -0.05) is 40.9 Å². The Hall–Kier alpha value is -1.78. The van der Waals surface area contributed by atoms with Gasteiger partial charge in [-0.15, -0.1) is 5.10 Å². The monoisotopic (exact) mass is 269 g/mol. The predicted molar refractivity (Wildman–Crippen MR) is 79.5 cm³/mol. The first kappa shape index (κ1) is 12.3. The quantitative estimate of drug-likeness (QED) is 0.792. The number of hydrogen-bond donors (Lipinski definition) is 1. The van der Waals surface area contributed by atoms with E-state index >= 15 is 0 Å². The van der Waals surface area contributed by atoms with Crippen molar-refractivity contribution in [1.29, 1.82) is 0 Å². The summed E-state index contributed by atoms with van der Waals surface area (Å²) in [5, 5.41) is 9.98. The molecule has 1 N–H and O–H groups in total. The van der Waals surface area contributed by atoms with E-state index < -0.39 is 0 Å². The van der Waals surface area contributed by atoms with Crippen LogP contribution in [-0.4, -0.2) is 16.6 Å². The first-order chi connectivity index (χ1) is 9.29. The highest BCUT2D eigenvalue weighted by Crippen LogP contribution is 2.28. The molecule has 0 aliphatic heterocycles. The summed E-state index contributed by atoms with van der Waals surface area (Å²) in [7, 11) is 1.97. The Morgan fingerprint density at radius 1 is 1.11 bits per heavy atom. The van der Waals surface area contributed by atoms with Crippen molar-refractivity contribution >= 4 is 22.3 Å². The van der Waals surface area contributed by atoms with Crippen LogP contribution in [-0.2, 0) is 0 Å². The smallest absolute Gasteiger partial charge is 0.0776 e. The molecule has 1 heterocycles. The van der Waals surface area contributed by atoms with Crippen molar-refractivity contribution in [2.75, 3.05) is 7.05 Å². The summed E-state index contributed by atoms with van der Waals surface area (Å²) in [5.74, 6) is 0. The normalized spacial score (nSPS) is 12.7. The zero-order valence-electron chi connectivity index (χ0n) is 10.9. The van der Waals surface area contributed by atoms with Gasteiger partial charge in [-0.05, 0) is 47.9 Å². The van der Waals surface area contributed by atoms with Crippen LogP contribution in [0.25, 0.3) is 10.8 Å². The van der Waals surface area contributed by atoms with E-state index in [2.05, 4.69) is 57.4 Å². The van der Waals surface area contributed by atoms with Crippen molar-refractivity contribution in [1.82, 2.24) is 14.9 Å². The topological polar surface area (TPSA) is 37.8 Å². The van der Waals surface area contributed by atoms with Gasteiger partial charge in [0.1, 0.15) is 0 Å². The fourth-order valence-electron chi connectivity index (χ4n) is 2.34. The molecule has 2 aromatic carbocycles. The van der Waals surface area contributed by atoms with Gasteiger partial charge in [0.25, 0.3) is 0 Å². The Kier molecular flexibility index (Phi) is 3.27. The summed E-state index contributed by atoms with van der Waals surface area (Å²) < 4.78 is 4.03. The van der Waals surface area contributed by atoms with Crippen molar-refractivity contribution in [3.8, 4) is 0 Å². The van der Waals surface area contributed by atoms with Crippen molar-refractivity contribution in [2.45, 2.75) is 13.0 Å². The molecule has 0 fully saturated rings. The van der Waals surface area contributed by atoms with E-state index in [0.29, 0.717) is 0 Å². The van der Waals surface area contributed by atoms with E-state index in [1.165, 1.54) is 32.7 Å². The van der Waals surface area contributed by atoms with Crippen LogP contribution in [0.15, 0.2) is 42.5 Å². The van der Waals surface area contributed by atoms with E-state index in [1.54, 1.807) is 0 Å². The third-order valence-electron chi connectivity index (χ3n) is 3.34. The van der Waals surface area contributed by atoms with E-state index in [9.17, 15) is 0 Å². The van der Waals surface area contributed by atoms with Gasteiger partial charge < -0.3 is 5.32 Å². The van der Waals surface area contributed by atoms with Gasteiger partial charge >= 0.3 is 0 Å². The molecule has 1 atom stereocenters. The maximum atomic E-state index is 4.10. The maximum absolute atomic E-state index is 4.10. The zero-order chi connectivity index (χ0) is 13.2. The van der Waals surface area contributed by atoms with Gasteiger partial charge in [-0.3, -0.25) is 0 Å². The highest BCUT2D eigenvalue weighted by Gasteiger charge is 2.17. The van der Waals surface area contributed by atoms with Gasteiger partial charge in [-0.2, -0.15) is 0 Å². The van der Waals surface area contributed by atoms with E-state index in [-0.39, 0.29) is 6.04 Å². The summed E-state index contributed by atoms with van der Waals surface area (Å²) in [4.78, 5) is 1.18. The van der Waals surface area contributed by atoms with Crippen LogP contribution in [0.3, 0.4) is 0 Å². The summed E-state index contributed by atoms with van der Waals surface area (Å²) in [5.41, 5.74) is 2.24. The third kappa shape index (κ3) is 2.25. The zero-order valence-corrected chi connectivity index (χ0v) is 11.7. The second-order valence-corrected chi connectivity index (χ2v) is 5.34. The summed E-state index contributed by atoms with van der Waals surface area (Å²) in [6.07, 6.45) is 0. The van der Waals surface area contributed by atoms with Gasteiger partial charge in [0, 0.05) is 0 Å². The Morgan fingerprint density at radius 3 is 2.58 bits per heavy atom. The van der Waals surface area contributed by atoms with Crippen molar-refractivity contribution in [2.24, 2.45) is 0 Å². The van der Waals surface area contributed by atoms with Crippen LogP contribution >= 0.6 is 11.5 Å². The minimum absolute atomic E-state index is 0.157. The molecule has 0 spiro atoms. The molecule has 0 saturated heterocycles. The van der Waals surface area contributed by atoms with Gasteiger partial charge in [0.15, 0.2) is 0 Å². The number of rotatable bonds is 3. The van der Waals surface area contributed by atoms with Crippen LogP contribution < -0.4 is 5.32 Å². The number of aryl methyl sites for hydroxylation is 1. The number of nitrogens with zero attached hydrogens (tertiary/aromatic N) is 2. The SMILES string of the molecule is CNC(c1ccc2ccccc2c1)c1snnc1C. The molecule has 3 nitrogen and oxygen atoms in total. The lowest BCUT2D eigenvalue weighted by molar-refractivity contribution is 0.698. The molecule has 3 rings (SSSR count). The van der Waals surface area contributed by atoms with Gasteiger partial charge in [0.05, 0.1) is 16.6 Å².